The standard InChI is InChI=1S/C17H23NO2/c1-13(2)17(12-18,14-8-6-5-7-9-14)10-15-11-19-16(3,4)20-15/h5-9,13,15H,10-11H2,1-4H3/t15-,17?/m1/s1. The van der Waals surface area contributed by atoms with Crippen LogP contribution in [0.1, 0.15) is 39.7 Å². The van der Waals surface area contributed by atoms with Gasteiger partial charge in [-0.1, -0.05) is 44.2 Å². The minimum Gasteiger partial charge on any atom is -0.348 e. The van der Waals surface area contributed by atoms with Gasteiger partial charge in [-0.15, -0.1) is 0 Å². The molecule has 0 amide bonds. The van der Waals surface area contributed by atoms with Gasteiger partial charge in [0.1, 0.15) is 0 Å². The van der Waals surface area contributed by atoms with Gasteiger partial charge in [-0.05, 0) is 31.7 Å². The van der Waals surface area contributed by atoms with Crippen molar-refractivity contribution in [3.05, 3.63) is 35.9 Å². The first kappa shape index (κ1) is 15.0. The van der Waals surface area contributed by atoms with E-state index in [1.165, 1.54) is 0 Å². The van der Waals surface area contributed by atoms with Crippen molar-refractivity contribution >= 4 is 0 Å². The molecule has 0 N–H and O–H groups in total. The second-order valence-electron chi connectivity index (χ2n) is 6.26. The van der Waals surface area contributed by atoms with Crippen molar-refractivity contribution in [3.8, 4) is 6.07 Å². The van der Waals surface area contributed by atoms with Gasteiger partial charge in [0.05, 0.1) is 24.2 Å². The maximum absolute atomic E-state index is 9.84. The zero-order valence-electron chi connectivity index (χ0n) is 12.7. The SMILES string of the molecule is CC(C)C(C#N)(C[C@@H]1COC(C)(C)O1)c1ccccc1. The maximum atomic E-state index is 9.84. The number of nitrogens with zero attached hydrogens (tertiary/aromatic N) is 1. The molecule has 20 heavy (non-hydrogen) atoms. The van der Waals surface area contributed by atoms with Crippen molar-refractivity contribution in [1.29, 1.82) is 5.26 Å². The average Bonchev–Trinajstić information content (AvgIpc) is 2.76. The fraction of sp³-hybridized carbons (Fsp3) is 0.588. The Hall–Kier alpha value is -1.37. The summed E-state index contributed by atoms with van der Waals surface area (Å²) in [4.78, 5) is 0. The maximum Gasteiger partial charge on any atom is 0.163 e. The van der Waals surface area contributed by atoms with Gasteiger partial charge < -0.3 is 9.47 Å². The van der Waals surface area contributed by atoms with E-state index in [4.69, 9.17) is 9.47 Å². The number of ether oxygens (including phenoxy) is 2. The molecule has 1 aliphatic rings. The van der Waals surface area contributed by atoms with Crippen LogP contribution in [0.2, 0.25) is 0 Å². The Bertz CT molecular complexity index is 489. The zero-order valence-corrected chi connectivity index (χ0v) is 12.7. The van der Waals surface area contributed by atoms with Gasteiger partial charge >= 0.3 is 0 Å². The Morgan fingerprint density at radius 1 is 1.35 bits per heavy atom. The van der Waals surface area contributed by atoms with Crippen molar-refractivity contribution in [2.45, 2.75) is 51.4 Å². The fourth-order valence-corrected chi connectivity index (χ4v) is 2.88. The largest absolute Gasteiger partial charge is 0.348 e. The number of nitriles is 1. The first-order valence-corrected chi connectivity index (χ1v) is 7.18. The second-order valence-corrected chi connectivity index (χ2v) is 6.26. The molecule has 1 aliphatic heterocycles. The summed E-state index contributed by atoms with van der Waals surface area (Å²) in [7, 11) is 0. The highest BCUT2D eigenvalue weighted by atomic mass is 16.7. The molecule has 108 valence electrons. The van der Waals surface area contributed by atoms with Crippen molar-refractivity contribution in [1.82, 2.24) is 0 Å². The Balaban J connectivity index is 2.28. The van der Waals surface area contributed by atoms with Crippen LogP contribution in [-0.2, 0) is 14.9 Å². The molecule has 0 aliphatic carbocycles. The molecule has 1 aromatic rings. The summed E-state index contributed by atoms with van der Waals surface area (Å²) in [5, 5.41) is 9.84. The van der Waals surface area contributed by atoms with E-state index >= 15 is 0 Å². The van der Waals surface area contributed by atoms with Gasteiger partial charge in [-0.3, -0.25) is 0 Å². The lowest BCUT2D eigenvalue weighted by Gasteiger charge is -2.33. The highest BCUT2D eigenvalue weighted by Gasteiger charge is 2.43. The molecule has 1 unspecified atom stereocenters. The van der Waals surface area contributed by atoms with Crippen LogP contribution in [0.25, 0.3) is 0 Å². The molecular formula is C17H23NO2. The van der Waals surface area contributed by atoms with Crippen LogP contribution in [0.4, 0.5) is 0 Å². The summed E-state index contributed by atoms with van der Waals surface area (Å²) in [5.74, 6) is -0.332. The molecule has 1 aromatic carbocycles. The van der Waals surface area contributed by atoms with Gasteiger partial charge in [0, 0.05) is 0 Å². The number of benzene rings is 1. The summed E-state index contributed by atoms with van der Waals surface area (Å²) < 4.78 is 11.5. The van der Waals surface area contributed by atoms with E-state index in [9.17, 15) is 5.26 Å². The van der Waals surface area contributed by atoms with Gasteiger partial charge in [0.15, 0.2) is 5.79 Å². The van der Waals surface area contributed by atoms with Crippen LogP contribution < -0.4 is 0 Å². The molecule has 1 saturated heterocycles. The predicted molar refractivity (Wildman–Crippen MR) is 78.1 cm³/mol. The minimum absolute atomic E-state index is 0.0349. The van der Waals surface area contributed by atoms with Gasteiger partial charge in [-0.2, -0.15) is 5.26 Å². The van der Waals surface area contributed by atoms with E-state index in [0.29, 0.717) is 13.0 Å². The summed E-state index contributed by atoms with van der Waals surface area (Å²) in [6, 6.07) is 12.6. The Morgan fingerprint density at radius 2 is 2.00 bits per heavy atom. The van der Waals surface area contributed by atoms with Crippen molar-refractivity contribution in [2.24, 2.45) is 5.92 Å². The van der Waals surface area contributed by atoms with Crippen LogP contribution in [0, 0.1) is 17.2 Å². The van der Waals surface area contributed by atoms with Crippen molar-refractivity contribution in [3.63, 3.8) is 0 Å². The first-order chi connectivity index (χ1) is 9.39. The molecule has 3 nitrogen and oxygen atoms in total. The summed E-state index contributed by atoms with van der Waals surface area (Å²) >= 11 is 0. The van der Waals surface area contributed by atoms with E-state index in [-0.39, 0.29) is 12.0 Å². The lowest BCUT2D eigenvalue weighted by molar-refractivity contribution is -0.140. The highest BCUT2D eigenvalue weighted by Crippen LogP contribution is 2.39. The molecule has 3 heteroatoms. The van der Waals surface area contributed by atoms with Crippen LogP contribution in [0.3, 0.4) is 0 Å². The van der Waals surface area contributed by atoms with Gasteiger partial charge in [0.25, 0.3) is 0 Å². The molecule has 1 heterocycles. The van der Waals surface area contributed by atoms with Crippen LogP contribution >= 0.6 is 0 Å². The van der Waals surface area contributed by atoms with Crippen LogP contribution in [0.5, 0.6) is 0 Å². The zero-order chi connectivity index (χ0) is 14.8. The lowest BCUT2D eigenvalue weighted by Crippen LogP contribution is -2.36. The smallest absolute Gasteiger partial charge is 0.163 e. The molecule has 0 saturated carbocycles. The molecular weight excluding hydrogens is 250 g/mol. The summed E-state index contributed by atoms with van der Waals surface area (Å²) in [5.41, 5.74) is 0.529. The molecule has 0 bridgehead atoms. The van der Waals surface area contributed by atoms with Crippen molar-refractivity contribution in [2.75, 3.05) is 6.61 Å². The van der Waals surface area contributed by atoms with Crippen LogP contribution in [-0.4, -0.2) is 18.5 Å². The van der Waals surface area contributed by atoms with E-state index < -0.39 is 11.2 Å². The predicted octanol–water partition coefficient (Wildman–Crippen LogP) is 3.65. The molecule has 0 spiro atoms. The highest BCUT2D eigenvalue weighted by molar-refractivity contribution is 5.33. The van der Waals surface area contributed by atoms with Gasteiger partial charge in [0.2, 0.25) is 0 Å². The average molecular weight is 273 g/mol. The van der Waals surface area contributed by atoms with E-state index in [0.717, 1.165) is 5.56 Å². The lowest BCUT2D eigenvalue weighted by atomic mass is 9.69. The quantitative estimate of drug-likeness (QED) is 0.841. The number of hydrogen-bond donors (Lipinski definition) is 0. The second kappa shape index (κ2) is 5.55. The summed E-state index contributed by atoms with van der Waals surface area (Å²) in [6.07, 6.45) is 0.626. The Labute approximate surface area is 121 Å². The normalized spacial score (nSPS) is 24.3. The molecule has 1 fully saturated rings. The third kappa shape index (κ3) is 2.87. The van der Waals surface area contributed by atoms with E-state index in [1.54, 1.807) is 0 Å². The molecule has 2 rings (SSSR count). The molecule has 0 radical (unpaired) electrons. The monoisotopic (exact) mass is 273 g/mol. The summed E-state index contributed by atoms with van der Waals surface area (Å²) in [6.45, 7) is 8.57. The molecule has 0 aromatic heterocycles. The fourth-order valence-electron chi connectivity index (χ4n) is 2.88. The number of hydrogen-bond acceptors (Lipinski definition) is 3. The molecule has 2 atom stereocenters. The Kier molecular flexibility index (Phi) is 4.17. The first-order valence-electron chi connectivity index (χ1n) is 7.18. The Morgan fingerprint density at radius 3 is 2.45 bits per heavy atom. The third-order valence-electron chi connectivity index (χ3n) is 4.09. The van der Waals surface area contributed by atoms with Crippen molar-refractivity contribution < 1.29 is 9.47 Å². The third-order valence-corrected chi connectivity index (χ3v) is 4.09. The minimum atomic E-state index is -0.542. The van der Waals surface area contributed by atoms with Crippen LogP contribution in [0.15, 0.2) is 30.3 Å². The van der Waals surface area contributed by atoms with Gasteiger partial charge in [-0.25, -0.2) is 0 Å². The topological polar surface area (TPSA) is 42.2 Å². The number of rotatable bonds is 4. The van der Waals surface area contributed by atoms with E-state index in [2.05, 4.69) is 19.9 Å². The van der Waals surface area contributed by atoms with E-state index in [1.807, 2.05) is 44.2 Å².